The van der Waals surface area contributed by atoms with E-state index in [9.17, 15) is 13.2 Å². The van der Waals surface area contributed by atoms with E-state index in [4.69, 9.17) is 0 Å². The molecule has 0 aromatic heterocycles. The number of carbonyl (C=O) groups excluding carboxylic acids is 1. The zero-order valence-corrected chi connectivity index (χ0v) is 13.5. The van der Waals surface area contributed by atoms with Gasteiger partial charge in [0.15, 0.2) is 0 Å². The first kappa shape index (κ1) is 15.6. The standard InChI is InChI=1S/C17H17NO4S/c1-22-17(19)13-5-8-15(9-6-13)18-23(20,21)16-10-7-12-3-2-4-14(12)11-16/h5-11,18H,2-4H2,1H3. The molecule has 23 heavy (non-hydrogen) atoms. The van der Waals surface area contributed by atoms with Crippen molar-refractivity contribution in [1.29, 1.82) is 0 Å². The van der Waals surface area contributed by atoms with Crippen LogP contribution in [0.5, 0.6) is 0 Å². The molecule has 1 aliphatic carbocycles. The smallest absolute Gasteiger partial charge is 0.337 e. The zero-order chi connectivity index (χ0) is 16.4. The van der Waals surface area contributed by atoms with Gasteiger partial charge in [-0.1, -0.05) is 6.07 Å². The molecule has 0 saturated carbocycles. The number of hydrogen-bond acceptors (Lipinski definition) is 4. The maximum absolute atomic E-state index is 12.5. The molecule has 0 fully saturated rings. The Morgan fingerprint density at radius 3 is 2.43 bits per heavy atom. The first-order chi connectivity index (χ1) is 11.0. The Hall–Kier alpha value is -2.34. The molecular weight excluding hydrogens is 314 g/mol. The summed E-state index contributed by atoms with van der Waals surface area (Å²) in [6, 6.07) is 11.4. The molecule has 120 valence electrons. The number of methoxy groups -OCH3 is 1. The number of fused-ring (bicyclic) bond motifs is 1. The van der Waals surface area contributed by atoms with Gasteiger partial charge in [0.1, 0.15) is 0 Å². The van der Waals surface area contributed by atoms with Crippen LogP contribution in [-0.4, -0.2) is 21.5 Å². The molecule has 0 aliphatic heterocycles. The highest BCUT2D eigenvalue weighted by Gasteiger charge is 2.18. The third-order valence-electron chi connectivity index (χ3n) is 3.94. The lowest BCUT2D eigenvalue weighted by molar-refractivity contribution is 0.0601. The van der Waals surface area contributed by atoms with Crippen molar-refractivity contribution in [3.8, 4) is 0 Å². The number of aryl methyl sites for hydroxylation is 2. The Bertz CT molecular complexity index is 841. The van der Waals surface area contributed by atoms with Gasteiger partial charge in [0, 0.05) is 5.69 Å². The predicted octanol–water partition coefficient (Wildman–Crippen LogP) is 2.76. The van der Waals surface area contributed by atoms with E-state index in [0.29, 0.717) is 11.3 Å². The number of hydrogen-bond donors (Lipinski definition) is 1. The van der Waals surface area contributed by atoms with Crippen LogP contribution < -0.4 is 4.72 Å². The number of carbonyl (C=O) groups is 1. The van der Waals surface area contributed by atoms with Crippen molar-refractivity contribution >= 4 is 21.7 Å². The summed E-state index contributed by atoms with van der Waals surface area (Å²) in [5, 5.41) is 0. The van der Waals surface area contributed by atoms with E-state index >= 15 is 0 Å². The molecule has 0 atom stereocenters. The van der Waals surface area contributed by atoms with Gasteiger partial charge in [-0.05, 0) is 66.8 Å². The molecule has 1 aliphatic rings. The van der Waals surface area contributed by atoms with Gasteiger partial charge in [-0.3, -0.25) is 4.72 Å². The largest absolute Gasteiger partial charge is 0.465 e. The molecule has 0 unspecified atom stereocenters. The maximum atomic E-state index is 12.5. The van der Waals surface area contributed by atoms with Crippen molar-refractivity contribution < 1.29 is 17.9 Å². The molecule has 1 N–H and O–H groups in total. The van der Waals surface area contributed by atoms with Crippen molar-refractivity contribution in [3.63, 3.8) is 0 Å². The van der Waals surface area contributed by atoms with E-state index in [1.807, 2.05) is 6.07 Å². The molecule has 0 radical (unpaired) electrons. The van der Waals surface area contributed by atoms with Crippen molar-refractivity contribution in [2.24, 2.45) is 0 Å². The van der Waals surface area contributed by atoms with Crippen LogP contribution in [-0.2, 0) is 27.6 Å². The molecule has 2 aromatic carbocycles. The molecule has 6 heteroatoms. The van der Waals surface area contributed by atoms with Gasteiger partial charge < -0.3 is 4.74 Å². The topological polar surface area (TPSA) is 72.5 Å². The van der Waals surface area contributed by atoms with Gasteiger partial charge in [-0.2, -0.15) is 0 Å². The zero-order valence-electron chi connectivity index (χ0n) is 12.7. The quantitative estimate of drug-likeness (QED) is 0.875. The minimum absolute atomic E-state index is 0.259. The van der Waals surface area contributed by atoms with E-state index < -0.39 is 16.0 Å². The van der Waals surface area contributed by atoms with Crippen molar-refractivity contribution in [2.45, 2.75) is 24.2 Å². The third kappa shape index (κ3) is 3.22. The fourth-order valence-corrected chi connectivity index (χ4v) is 3.83. The maximum Gasteiger partial charge on any atom is 0.337 e. The Morgan fingerprint density at radius 2 is 1.74 bits per heavy atom. The normalized spacial score (nSPS) is 13.4. The Kier molecular flexibility index (Phi) is 4.09. The summed E-state index contributed by atoms with van der Waals surface area (Å²) in [6.45, 7) is 0. The van der Waals surface area contributed by atoms with E-state index in [1.54, 1.807) is 12.1 Å². The number of rotatable bonds is 4. The number of sulfonamides is 1. The molecule has 5 nitrogen and oxygen atoms in total. The number of nitrogens with one attached hydrogen (secondary N) is 1. The molecule has 0 amide bonds. The number of benzene rings is 2. The number of esters is 1. The second kappa shape index (κ2) is 6.04. The van der Waals surface area contributed by atoms with E-state index in [0.717, 1.165) is 24.8 Å². The van der Waals surface area contributed by atoms with Crippen molar-refractivity contribution in [1.82, 2.24) is 0 Å². The highest BCUT2D eigenvalue weighted by molar-refractivity contribution is 7.92. The lowest BCUT2D eigenvalue weighted by Crippen LogP contribution is -2.13. The molecule has 0 saturated heterocycles. The summed E-state index contributed by atoms with van der Waals surface area (Å²) in [5.74, 6) is -0.460. The van der Waals surface area contributed by atoms with Crippen LogP contribution >= 0.6 is 0 Å². The highest BCUT2D eigenvalue weighted by atomic mass is 32.2. The van der Waals surface area contributed by atoms with Gasteiger partial charge >= 0.3 is 5.97 Å². The number of ether oxygens (including phenoxy) is 1. The van der Waals surface area contributed by atoms with Crippen LogP contribution in [0.15, 0.2) is 47.4 Å². The highest BCUT2D eigenvalue weighted by Crippen LogP contribution is 2.25. The first-order valence-electron chi connectivity index (χ1n) is 7.32. The summed E-state index contributed by atoms with van der Waals surface area (Å²) < 4.78 is 32.1. The lowest BCUT2D eigenvalue weighted by atomic mass is 10.1. The minimum Gasteiger partial charge on any atom is -0.465 e. The average molecular weight is 331 g/mol. The molecule has 0 heterocycles. The summed E-state index contributed by atoms with van der Waals surface area (Å²) in [4.78, 5) is 11.6. The summed E-state index contributed by atoms with van der Waals surface area (Å²) in [5.41, 5.74) is 3.10. The van der Waals surface area contributed by atoms with E-state index in [1.165, 1.54) is 36.9 Å². The van der Waals surface area contributed by atoms with Crippen LogP contribution in [0.4, 0.5) is 5.69 Å². The number of anilines is 1. The second-order valence-corrected chi connectivity index (χ2v) is 7.14. The van der Waals surface area contributed by atoms with Gasteiger partial charge in [0.05, 0.1) is 17.6 Å². The Morgan fingerprint density at radius 1 is 1.04 bits per heavy atom. The van der Waals surface area contributed by atoms with Crippen LogP contribution in [0.3, 0.4) is 0 Å². The van der Waals surface area contributed by atoms with Crippen LogP contribution in [0.2, 0.25) is 0 Å². The average Bonchev–Trinajstić information content (AvgIpc) is 3.02. The van der Waals surface area contributed by atoms with Crippen molar-refractivity contribution in [2.75, 3.05) is 11.8 Å². The van der Waals surface area contributed by atoms with E-state index in [-0.39, 0.29) is 4.90 Å². The molecule has 0 spiro atoms. The van der Waals surface area contributed by atoms with Gasteiger partial charge in [-0.25, -0.2) is 13.2 Å². The third-order valence-corrected chi connectivity index (χ3v) is 5.32. The summed E-state index contributed by atoms with van der Waals surface area (Å²) in [6.07, 6.45) is 3.01. The van der Waals surface area contributed by atoms with Crippen LogP contribution in [0.25, 0.3) is 0 Å². The molecule has 2 aromatic rings. The van der Waals surface area contributed by atoms with Gasteiger partial charge in [-0.15, -0.1) is 0 Å². The fourth-order valence-electron chi connectivity index (χ4n) is 2.72. The minimum atomic E-state index is -3.64. The summed E-state index contributed by atoms with van der Waals surface area (Å²) >= 11 is 0. The van der Waals surface area contributed by atoms with E-state index in [2.05, 4.69) is 9.46 Å². The van der Waals surface area contributed by atoms with Crippen molar-refractivity contribution in [3.05, 3.63) is 59.2 Å². The predicted molar refractivity (Wildman–Crippen MR) is 87.1 cm³/mol. The Labute approximate surface area is 135 Å². The van der Waals surface area contributed by atoms with Gasteiger partial charge in [0.25, 0.3) is 10.0 Å². The van der Waals surface area contributed by atoms with Crippen LogP contribution in [0.1, 0.15) is 27.9 Å². The second-order valence-electron chi connectivity index (χ2n) is 5.46. The molecule has 3 rings (SSSR count). The Balaban J connectivity index is 1.82. The fraction of sp³-hybridized carbons (Fsp3) is 0.235. The van der Waals surface area contributed by atoms with Gasteiger partial charge in [0.2, 0.25) is 0 Å². The summed E-state index contributed by atoms with van der Waals surface area (Å²) in [7, 11) is -2.34. The SMILES string of the molecule is COC(=O)c1ccc(NS(=O)(=O)c2ccc3c(c2)CCC3)cc1. The molecular formula is C17H17NO4S. The monoisotopic (exact) mass is 331 g/mol. The molecule has 0 bridgehead atoms. The lowest BCUT2D eigenvalue weighted by Gasteiger charge is -2.10. The first-order valence-corrected chi connectivity index (χ1v) is 8.81. The van der Waals surface area contributed by atoms with Crippen LogP contribution in [0, 0.1) is 0 Å².